The number of aliphatic carboxylic acids is 1. The van der Waals surface area contributed by atoms with Gasteiger partial charge in [-0.05, 0) is 45.7 Å². The van der Waals surface area contributed by atoms with Crippen LogP contribution in [0.15, 0.2) is 0 Å². The fourth-order valence-corrected chi connectivity index (χ4v) is 3.29. The molecule has 0 aromatic carbocycles. The summed E-state index contributed by atoms with van der Waals surface area (Å²) < 4.78 is 0. The van der Waals surface area contributed by atoms with Crippen molar-refractivity contribution in [1.29, 1.82) is 0 Å². The molecule has 2 saturated heterocycles. The first kappa shape index (κ1) is 12.8. The average molecular weight is 240 g/mol. The Morgan fingerprint density at radius 2 is 2.12 bits per heavy atom. The molecule has 4 nitrogen and oxygen atoms in total. The zero-order chi connectivity index (χ0) is 12.4. The van der Waals surface area contributed by atoms with Crippen molar-refractivity contribution in [3.05, 3.63) is 0 Å². The van der Waals surface area contributed by atoms with E-state index in [9.17, 15) is 4.79 Å². The number of hydrogen-bond donors (Lipinski definition) is 2. The summed E-state index contributed by atoms with van der Waals surface area (Å²) in [5, 5.41) is 12.7. The molecule has 0 bridgehead atoms. The Balaban J connectivity index is 2.00. The second-order valence-electron chi connectivity index (χ2n) is 5.52. The Labute approximate surface area is 103 Å². The van der Waals surface area contributed by atoms with Gasteiger partial charge in [-0.3, -0.25) is 9.69 Å². The first-order valence-electron chi connectivity index (χ1n) is 6.83. The topological polar surface area (TPSA) is 52.6 Å². The summed E-state index contributed by atoms with van der Waals surface area (Å²) in [6, 6.07) is 1.28. The standard InChI is InChI=1S/C13H24N2O2/c1-9(13(16)17)10(2)15-8-4-6-12(15)11-5-3-7-14-11/h9-12,14H,3-8H2,1-2H3,(H,16,17). The van der Waals surface area contributed by atoms with Gasteiger partial charge in [0, 0.05) is 18.1 Å². The Morgan fingerprint density at radius 1 is 1.35 bits per heavy atom. The van der Waals surface area contributed by atoms with Crippen molar-refractivity contribution >= 4 is 5.97 Å². The van der Waals surface area contributed by atoms with Gasteiger partial charge in [0.1, 0.15) is 0 Å². The highest BCUT2D eigenvalue weighted by Gasteiger charge is 2.38. The van der Waals surface area contributed by atoms with E-state index in [1.165, 1.54) is 25.7 Å². The molecule has 98 valence electrons. The Morgan fingerprint density at radius 3 is 2.71 bits per heavy atom. The fourth-order valence-electron chi connectivity index (χ4n) is 3.29. The first-order chi connectivity index (χ1) is 8.11. The molecule has 2 aliphatic rings. The molecule has 0 aromatic heterocycles. The lowest BCUT2D eigenvalue weighted by Gasteiger charge is -2.36. The summed E-state index contributed by atoms with van der Waals surface area (Å²) in [5.74, 6) is -0.959. The van der Waals surface area contributed by atoms with Gasteiger partial charge in [0.25, 0.3) is 0 Å². The third kappa shape index (κ3) is 2.63. The maximum atomic E-state index is 11.1. The SMILES string of the molecule is CC(C(=O)O)C(C)N1CCCC1C1CCCN1. The van der Waals surface area contributed by atoms with Crippen LogP contribution in [0.1, 0.15) is 39.5 Å². The molecule has 17 heavy (non-hydrogen) atoms. The molecule has 2 fully saturated rings. The number of rotatable bonds is 4. The number of hydrogen-bond acceptors (Lipinski definition) is 3. The molecule has 4 atom stereocenters. The van der Waals surface area contributed by atoms with Gasteiger partial charge in [-0.25, -0.2) is 0 Å². The largest absolute Gasteiger partial charge is 0.481 e. The minimum atomic E-state index is -0.678. The molecule has 4 unspecified atom stereocenters. The van der Waals surface area contributed by atoms with Crippen LogP contribution in [0, 0.1) is 5.92 Å². The Bertz CT molecular complexity index is 277. The predicted octanol–water partition coefficient (Wildman–Crippen LogP) is 1.31. The molecule has 4 heteroatoms. The summed E-state index contributed by atoms with van der Waals surface area (Å²) in [6.07, 6.45) is 4.93. The molecule has 0 saturated carbocycles. The summed E-state index contributed by atoms with van der Waals surface area (Å²) >= 11 is 0. The van der Waals surface area contributed by atoms with Crippen LogP contribution in [-0.2, 0) is 4.79 Å². The van der Waals surface area contributed by atoms with E-state index in [0.29, 0.717) is 12.1 Å². The molecule has 0 aromatic rings. The number of likely N-dealkylation sites (tertiary alicyclic amines) is 1. The molecule has 2 rings (SSSR count). The van der Waals surface area contributed by atoms with E-state index >= 15 is 0 Å². The smallest absolute Gasteiger partial charge is 0.307 e. The van der Waals surface area contributed by atoms with Gasteiger partial charge in [-0.15, -0.1) is 0 Å². The number of carboxylic acids is 1. The van der Waals surface area contributed by atoms with Crippen LogP contribution in [0.4, 0.5) is 0 Å². The van der Waals surface area contributed by atoms with Gasteiger partial charge in [0.15, 0.2) is 0 Å². The van der Waals surface area contributed by atoms with Gasteiger partial charge in [-0.2, -0.15) is 0 Å². The molecule has 0 spiro atoms. The van der Waals surface area contributed by atoms with Crippen LogP contribution < -0.4 is 5.32 Å². The van der Waals surface area contributed by atoms with Crippen LogP contribution in [0.5, 0.6) is 0 Å². The molecule has 2 N–H and O–H groups in total. The highest BCUT2D eigenvalue weighted by Crippen LogP contribution is 2.28. The fraction of sp³-hybridized carbons (Fsp3) is 0.923. The van der Waals surface area contributed by atoms with Crippen LogP contribution in [0.25, 0.3) is 0 Å². The van der Waals surface area contributed by atoms with Crippen molar-refractivity contribution in [2.45, 2.75) is 57.7 Å². The number of carboxylic acid groups (broad SMARTS) is 1. The van der Waals surface area contributed by atoms with E-state index in [0.717, 1.165) is 13.1 Å². The minimum absolute atomic E-state index is 0.141. The maximum absolute atomic E-state index is 11.1. The monoisotopic (exact) mass is 240 g/mol. The van der Waals surface area contributed by atoms with E-state index in [2.05, 4.69) is 17.1 Å². The molecule has 0 amide bonds. The molecule has 0 aliphatic carbocycles. The summed E-state index contributed by atoms with van der Waals surface area (Å²) in [6.45, 7) is 6.07. The second-order valence-corrected chi connectivity index (χ2v) is 5.52. The summed E-state index contributed by atoms with van der Waals surface area (Å²) in [7, 11) is 0. The quantitative estimate of drug-likeness (QED) is 0.778. The Kier molecular flexibility index (Phi) is 4.05. The van der Waals surface area contributed by atoms with Crippen molar-refractivity contribution in [2.75, 3.05) is 13.1 Å². The van der Waals surface area contributed by atoms with Crippen LogP contribution in [-0.4, -0.2) is 47.2 Å². The zero-order valence-electron chi connectivity index (χ0n) is 10.9. The lowest BCUT2D eigenvalue weighted by atomic mass is 9.98. The molecule has 2 heterocycles. The number of carbonyl (C=O) groups is 1. The van der Waals surface area contributed by atoms with Gasteiger partial charge >= 0.3 is 5.97 Å². The lowest BCUT2D eigenvalue weighted by Crippen LogP contribution is -2.50. The van der Waals surface area contributed by atoms with Crippen molar-refractivity contribution < 1.29 is 9.90 Å². The van der Waals surface area contributed by atoms with Gasteiger partial charge in [0.05, 0.1) is 5.92 Å². The third-order valence-electron chi connectivity index (χ3n) is 4.54. The van der Waals surface area contributed by atoms with Crippen LogP contribution in [0.3, 0.4) is 0 Å². The number of nitrogens with one attached hydrogen (secondary N) is 1. The molecule has 2 aliphatic heterocycles. The molecule has 0 radical (unpaired) electrons. The van der Waals surface area contributed by atoms with Crippen molar-refractivity contribution in [3.63, 3.8) is 0 Å². The van der Waals surface area contributed by atoms with E-state index in [-0.39, 0.29) is 12.0 Å². The van der Waals surface area contributed by atoms with Crippen LogP contribution >= 0.6 is 0 Å². The van der Waals surface area contributed by atoms with Crippen molar-refractivity contribution in [1.82, 2.24) is 10.2 Å². The van der Waals surface area contributed by atoms with Gasteiger partial charge in [-0.1, -0.05) is 6.92 Å². The average Bonchev–Trinajstić information content (AvgIpc) is 2.96. The second kappa shape index (κ2) is 5.36. The van der Waals surface area contributed by atoms with E-state index in [1.807, 2.05) is 6.92 Å². The summed E-state index contributed by atoms with van der Waals surface area (Å²) in [4.78, 5) is 13.5. The summed E-state index contributed by atoms with van der Waals surface area (Å²) in [5.41, 5.74) is 0. The van der Waals surface area contributed by atoms with Gasteiger partial charge in [0.2, 0.25) is 0 Å². The Hall–Kier alpha value is -0.610. The van der Waals surface area contributed by atoms with Gasteiger partial charge < -0.3 is 10.4 Å². The van der Waals surface area contributed by atoms with Crippen LogP contribution in [0.2, 0.25) is 0 Å². The first-order valence-corrected chi connectivity index (χ1v) is 6.83. The maximum Gasteiger partial charge on any atom is 0.307 e. The molecular weight excluding hydrogens is 216 g/mol. The highest BCUT2D eigenvalue weighted by molar-refractivity contribution is 5.70. The van der Waals surface area contributed by atoms with E-state index in [4.69, 9.17) is 5.11 Å². The third-order valence-corrected chi connectivity index (χ3v) is 4.54. The van der Waals surface area contributed by atoms with Crippen molar-refractivity contribution in [2.24, 2.45) is 5.92 Å². The highest BCUT2D eigenvalue weighted by atomic mass is 16.4. The predicted molar refractivity (Wildman–Crippen MR) is 67.0 cm³/mol. The lowest BCUT2D eigenvalue weighted by molar-refractivity contribution is -0.143. The minimum Gasteiger partial charge on any atom is -0.481 e. The molecular formula is C13H24N2O2. The normalized spacial score (nSPS) is 33.8. The number of nitrogens with zero attached hydrogens (tertiary/aromatic N) is 1. The van der Waals surface area contributed by atoms with Crippen molar-refractivity contribution in [3.8, 4) is 0 Å². The van der Waals surface area contributed by atoms with E-state index in [1.54, 1.807) is 0 Å². The van der Waals surface area contributed by atoms with E-state index < -0.39 is 5.97 Å². The zero-order valence-corrected chi connectivity index (χ0v) is 10.9.